The number of nitrogens with one attached hydrogen (secondary N) is 1. The summed E-state index contributed by atoms with van der Waals surface area (Å²) in [5, 5.41) is 3.39. The quantitative estimate of drug-likeness (QED) is 0.707. The summed E-state index contributed by atoms with van der Waals surface area (Å²) in [4.78, 5) is 19.5. The summed E-state index contributed by atoms with van der Waals surface area (Å²) in [6, 6.07) is 10.2. The fraction of sp³-hybridized carbons (Fsp3) is 0.429. The van der Waals surface area contributed by atoms with E-state index < -0.39 is 0 Å². The van der Waals surface area contributed by atoms with E-state index in [1.165, 1.54) is 29.0 Å². The van der Waals surface area contributed by atoms with E-state index in [4.69, 9.17) is 4.98 Å². The van der Waals surface area contributed by atoms with Crippen LogP contribution < -0.4 is 10.9 Å². The van der Waals surface area contributed by atoms with Crippen LogP contribution in [0.25, 0.3) is 4.96 Å². The van der Waals surface area contributed by atoms with Crippen LogP contribution in [0.2, 0.25) is 0 Å². The van der Waals surface area contributed by atoms with Gasteiger partial charge in [0, 0.05) is 22.3 Å². The first-order valence-electron chi connectivity index (χ1n) is 9.52. The zero-order valence-electron chi connectivity index (χ0n) is 15.4. The van der Waals surface area contributed by atoms with Crippen molar-refractivity contribution >= 4 is 22.0 Å². The van der Waals surface area contributed by atoms with Crippen molar-refractivity contribution in [3.05, 3.63) is 62.5 Å². The normalized spacial score (nSPS) is 15.0. The van der Waals surface area contributed by atoms with Gasteiger partial charge in [0.1, 0.15) is 0 Å². The van der Waals surface area contributed by atoms with E-state index in [2.05, 4.69) is 43.4 Å². The first kappa shape index (κ1) is 17.3. The molecule has 2 heterocycles. The van der Waals surface area contributed by atoms with Gasteiger partial charge in [0.2, 0.25) is 0 Å². The smallest absolute Gasteiger partial charge is 0.259 e. The molecule has 0 spiro atoms. The number of hydrogen-bond acceptors (Lipinski definition) is 4. The van der Waals surface area contributed by atoms with Crippen LogP contribution in [0.15, 0.2) is 35.1 Å². The zero-order chi connectivity index (χ0) is 18.1. The lowest BCUT2D eigenvalue weighted by atomic mass is 9.99. The van der Waals surface area contributed by atoms with Crippen molar-refractivity contribution in [1.82, 2.24) is 9.38 Å². The Kier molecular flexibility index (Phi) is 4.81. The number of hydrogen-bond donors (Lipinski definition) is 1. The summed E-state index contributed by atoms with van der Waals surface area (Å²) in [6.07, 6.45) is 5.61. The molecule has 26 heavy (non-hydrogen) atoms. The van der Waals surface area contributed by atoms with E-state index in [9.17, 15) is 4.79 Å². The number of benzene rings is 1. The Hall–Kier alpha value is -2.14. The topological polar surface area (TPSA) is 46.4 Å². The molecule has 0 bridgehead atoms. The highest BCUT2D eigenvalue weighted by atomic mass is 32.1. The number of aryl methyl sites for hydroxylation is 2. The minimum atomic E-state index is 0.0540. The Morgan fingerprint density at radius 1 is 1.23 bits per heavy atom. The van der Waals surface area contributed by atoms with Gasteiger partial charge in [-0.3, -0.25) is 9.20 Å². The van der Waals surface area contributed by atoms with Gasteiger partial charge in [0.15, 0.2) is 4.96 Å². The number of anilines is 1. The molecule has 1 atom stereocenters. The highest BCUT2D eigenvalue weighted by molar-refractivity contribution is 7.17. The first-order valence-corrected chi connectivity index (χ1v) is 10.3. The van der Waals surface area contributed by atoms with Crippen LogP contribution in [0.5, 0.6) is 0 Å². The summed E-state index contributed by atoms with van der Waals surface area (Å²) in [6.45, 7) is 5.02. The lowest BCUT2D eigenvalue weighted by Crippen LogP contribution is -2.18. The molecule has 0 unspecified atom stereocenters. The van der Waals surface area contributed by atoms with Crippen molar-refractivity contribution in [2.45, 2.75) is 58.4 Å². The number of fused-ring (bicyclic) bond motifs is 3. The monoisotopic (exact) mass is 367 g/mol. The highest BCUT2D eigenvalue weighted by Crippen LogP contribution is 2.28. The molecule has 5 heteroatoms. The van der Waals surface area contributed by atoms with Crippen molar-refractivity contribution < 1.29 is 0 Å². The second-order valence-electron chi connectivity index (χ2n) is 7.17. The highest BCUT2D eigenvalue weighted by Gasteiger charge is 2.18. The standard InChI is InChI=1S/C21H25N3OS/c1-3-14(2)15-8-10-16(11-9-15)22-13-17-12-20(25)24-18-6-4-5-7-19(18)26-21(24)23-17/h8-12,14,22H,3-7,13H2,1-2H3/t14-/m0/s1. The van der Waals surface area contributed by atoms with Crippen molar-refractivity contribution in [2.75, 3.05) is 5.32 Å². The van der Waals surface area contributed by atoms with E-state index in [0.717, 1.165) is 35.6 Å². The molecule has 1 aliphatic carbocycles. The molecule has 0 amide bonds. The number of rotatable bonds is 5. The van der Waals surface area contributed by atoms with E-state index in [1.54, 1.807) is 17.4 Å². The minimum absolute atomic E-state index is 0.0540. The van der Waals surface area contributed by atoms with Crippen molar-refractivity contribution in [1.29, 1.82) is 0 Å². The molecule has 1 N–H and O–H groups in total. The maximum Gasteiger partial charge on any atom is 0.259 e. The number of nitrogens with zero attached hydrogens (tertiary/aromatic N) is 2. The Balaban J connectivity index is 1.53. The Labute approximate surface area is 157 Å². The summed E-state index contributed by atoms with van der Waals surface area (Å²) in [7, 11) is 0. The number of aromatic nitrogens is 2. The fourth-order valence-electron chi connectivity index (χ4n) is 3.59. The Morgan fingerprint density at radius 3 is 2.77 bits per heavy atom. The van der Waals surface area contributed by atoms with Crippen LogP contribution >= 0.6 is 11.3 Å². The molecule has 0 saturated heterocycles. The molecular formula is C21H25N3OS. The average molecular weight is 368 g/mol. The maximum atomic E-state index is 12.6. The fourth-order valence-corrected chi connectivity index (χ4v) is 4.82. The lowest BCUT2D eigenvalue weighted by Gasteiger charge is -2.11. The average Bonchev–Trinajstić information content (AvgIpc) is 3.05. The molecular weight excluding hydrogens is 342 g/mol. The predicted octanol–water partition coefficient (Wildman–Crippen LogP) is 4.76. The van der Waals surface area contributed by atoms with E-state index in [-0.39, 0.29) is 5.56 Å². The molecule has 1 aliphatic rings. The molecule has 4 rings (SSSR count). The predicted molar refractivity (Wildman–Crippen MR) is 108 cm³/mol. The third-order valence-electron chi connectivity index (χ3n) is 5.38. The molecule has 0 aliphatic heterocycles. The van der Waals surface area contributed by atoms with E-state index >= 15 is 0 Å². The summed E-state index contributed by atoms with van der Waals surface area (Å²) >= 11 is 1.68. The van der Waals surface area contributed by atoms with Gasteiger partial charge in [-0.15, -0.1) is 11.3 Å². The molecule has 1 aromatic carbocycles. The minimum Gasteiger partial charge on any atom is -0.379 e. The molecule has 0 fully saturated rings. The van der Waals surface area contributed by atoms with Gasteiger partial charge in [0.05, 0.1) is 12.2 Å². The van der Waals surface area contributed by atoms with Gasteiger partial charge < -0.3 is 5.32 Å². The summed E-state index contributed by atoms with van der Waals surface area (Å²) < 4.78 is 1.82. The van der Waals surface area contributed by atoms with Crippen LogP contribution in [0.4, 0.5) is 5.69 Å². The molecule has 0 saturated carbocycles. The summed E-state index contributed by atoms with van der Waals surface area (Å²) in [5.41, 5.74) is 4.47. The van der Waals surface area contributed by atoms with E-state index in [1.807, 2.05) is 4.40 Å². The van der Waals surface area contributed by atoms with Gasteiger partial charge in [-0.2, -0.15) is 0 Å². The molecule has 2 aromatic heterocycles. The largest absolute Gasteiger partial charge is 0.379 e. The van der Waals surface area contributed by atoms with Crippen LogP contribution in [0, 0.1) is 0 Å². The van der Waals surface area contributed by atoms with E-state index in [0.29, 0.717) is 12.5 Å². The van der Waals surface area contributed by atoms with Gasteiger partial charge in [-0.25, -0.2) is 4.98 Å². The second kappa shape index (κ2) is 7.23. The maximum absolute atomic E-state index is 12.6. The van der Waals surface area contributed by atoms with Gasteiger partial charge >= 0.3 is 0 Å². The Bertz CT molecular complexity index is 971. The molecule has 3 aromatic rings. The van der Waals surface area contributed by atoms with Gasteiger partial charge in [0.25, 0.3) is 5.56 Å². The number of thiazole rings is 1. The Morgan fingerprint density at radius 2 is 2.00 bits per heavy atom. The summed E-state index contributed by atoms with van der Waals surface area (Å²) in [5.74, 6) is 0.582. The molecule has 4 nitrogen and oxygen atoms in total. The zero-order valence-corrected chi connectivity index (χ0v) is 16.2. The van der Waals surface area contributed by atoms with Crippen LogP contribution in [-0.4, -0.2) is 9.38 Å². The third kappa shape index (κ3) is 3.28. The van der Waals surface area contributed by atoms with Crippen LogP contribution in [-0.2, 0) is 19.4 Å². The second-order valence-corrected chi connectivity index (χ2v) is 8.23. The van der Waals surface area contributed by atoms with Crippen molar-refractivity contribution in [2.24, 2.45) is 0 Å². The van der Waals surface area contributed by atoms with Crippen LogP contribution in [0.1, 0.15) is 60.9 Å². The third-order valence-corrected chi connectivity index (χ3v) is 6.52. The van der Waals surface area contributed by atoms with Crippen LogP contribution in [0.3, 0.4) is 0 Å². The van der Waals surface area contributed by atoms with Crippen molar-refractivity contribution in [3.63, 3.8) is 0 Å². The SMILES string of the molecule is CC[C@H](C)c1ccc(NCc2cc(=O)n3c4c(sc3n2)CCCC4)cc1. The lowest BCUT2D eigenvalue weighted by molar-refractivity contribution is 0.670. The van der Waals surface area contributed by atoms with Gasteiger partial charge in [-0.05, 0) is 55.7 Å². The molecule has 136 valence electrons. The molecule has 0 radical (unpaired) electrons. The first-order chi connectivity index (χ1) is 12.7. The van der Waals surface area contributed by atoms with Crippen molar-refractivity contribution in [3.8, 4) is 0 Å². The van der Waals surface area contributed by atoms with Gasteiger partial charge in [-0.1, -0.05) is 26.0 Å².